The molecule has 0 radical (unpaired) electrons. The molecular weight excluding hydrogens is 396 g/mol. The van der Waals surface area contributed by atoms with E-state index < -0.39 is 10.0 Å². The summed E-state index contributed by atoms with van der Waals surface area (Å²) in [5.41, 5.74) is 0.420. The molecule has 0 aliphatic carbocycles. The van der Waals surface area contributed by atoms with E-state index in [1.807, 2.05) is 13.0 Å². The van der Waals surface area contributed by atoms with Gasteiger partial charge < -0.3 is 5.32 Å². The van der Waals surface area contributed by atoms with Gasteiger partial charge in [-0.2, -0.15) is 0 Å². The predicted octanol–water partition coefficient (Wildman–Crippen LogP) is 4.07. The largest absolute Gasteiger partial charge is 0.312 e. The highest BCUT2D eigenvalue weighted by atomic mass is 79.9. The summed E-state index contributed by atoms with van der Waals surface area (Å²) in [5.74, 6) is 0. The summed E-state index contributed by atoms with van der Waals surface area (Å²) >= 11 is 10.5. The number of sulfonamides is 1. The summed E-state index contributed by atoms with van der Waals surface area (Å²) in [6, 6.07) is 8.45. The van der Waals surface area contributed by atoms with Crippen LogP contribution in [0.3, 0.4) is 0 Å². The normalized spacial score (nSPS) is 11.6. The summed E-state index contributed by atoms with van der Waals surface area (Å²) in [4.78, 5) is 0.974. The lowest BCUT2D eigenvalue weighted by atomic mass is 10.3. The zero-order chi connectivity index (χ0) is 15.5. The number of hydrogen-bond acceptors (Lipinski definition) is 4. The van der Waals surface area contributed by atoms with E-state index in [2.05, 4.69) is 26.0 Å². The molecule has 21 heavy (non-hydrogen) atoms. The monoisotopic (exact) mass is 408 g/mol. The molecule has 1 aromatic carbocycles. The molecule has 114 valence electrons. The van der Waals surface area contributed by atoms with Crippen LogP contribution in [-0.2, 0) is 16.6 Å². The Bertz CT molecular complexity index is 732. The van der Waals surface area contributed by atoms with Crippen molar-refractivity contribution in [2.24, 2.45) is 0 Å². The van der Waals surface area contributed by atoms with Crippen LogP contribution in [0.15, 0.2) is 39.0 Å². The van der Waals surface area contributed by atoms with Crippen molar-refractivity contribution in [1.29, 1.82) is 0 Å². The van der Waals surface area contributed by atoms with E-state index in [-0.39, 0.29) is 4.21 Å². The van der Waals surface area contributed by atoms with Gasteiger partial charge in [0.05, 0.1) is 15.2 Å². The molecule has 4 nitrogen and oxygen atoms in total. The Balaban J connectivity index is 2.22. The lowest BCUT2D eigenvalue weighted by Crippen LogP contribution is -2.12. The van der Waals surface area contributed by atoms with Crippen molar-refractivity contribution in [3.8, 4) is 0 Å². The van der Waals surface area contributed by atoms with Gasteiger partial charge in [0.1, 0.15) is 4.21 Å². The molecule has 2 rings (SSSR count). The number of anilines is 1. The van der Waals surface area contributed by atoms with E-state index in [1.165, 1.54) is 11.3 Å². The average molecular weight is 410 g/mol. The fourth-order valence-electron chi connectivity index (χ4n) is 1.62. The second-order valence-electron chi connectivity index (χ2n) is 4.21. The Kier molecular flexibility index (Phi) is 5.67. The number of rotatable bonds is 6. The number of benzene rings is 1. The minimum atomic E-state index is -3.60. The predicted molar refractivity (Wildman–Crippen MR) is 91.7 cm³/mol. The summed E-state index contributed by atoms with van der Waals surface area (Å²) < 4.78 is 28.1. The highest BCUT2D eigenvalue weighted by Gasteiger charge is 2.18. The molecule has 0 bridgehead atoms. The van der Waals surface area contributed by atoms with Crippen LogP contribution >= 0.6 is 38.9 Å². The zero-order valence-corrected chi connectivity index (χ0v) is 15.2. The van der Waals surface area contributed by atoms with E-state index in [0.29, 0.717) is 21.7 Å². The molecule has 0 unspecified atom stereocenters. The third-order valence-corrected chi connectivity index (χ3v) is 6.99. The van der Waals surface area contributed by atoms with Gasteiger partial charge in [-0.25, -0.2) is 8.42 Å². The first-order chi connectivity index (χ1) is 9.94. The third-order valence-electron chi connectivity index (χ3n) is 2.65. The second-order valence-corrected chi connectivity index (χ2v) is 8.49. The van der Waals surface area contributed by atoms with Gasteiger partial charge in [-0.05, 0) is 46.7 Å². The molecule has 1 heterocycles. The van der Waals surface area contributed by atoms with Crippen molar-refractivity contribution in [1.82, 2.24) is 5.32 Å². The highest BCUT2D eigenvalue weighted by molar-refractivity contribution is 9.10. The van der Waals surface area contributed by atoms with E-state index in [4.69, 9.17) is 11.6 Å². The number of hydrogen-bond donors (Lipinski definition) is 2. The summed E-state index contributed by atoms with van der Waals surface area (Å²) in [5, 5.41) is 3.62. The Labute approximate surface area is 141 Å². The molecule has 0 saturated heterocycles. The molecule has 8 heteroatoms. The molecule has 0 atom stereocenters. The van der Waals surface area contributed by atoms with Crippen LogP contribution < -0.4 is 10.0 Å². The van der Waals surface area contributed by atoms with Gasteiger partial charge in [0.15, 0.2) is 0 Å². The van der Waals surface area contributed by atoms with Crippen molar-refractivity contribution in [3.63, 3.8) is 0 Å². The topological polar surface area (TPSA) is 58.2 Å². The number of nitrogens with one attached hydrogen (secondary N) is 2. The smallest absolute Gasteiger partial charge is 0.271 e. The van der Waals surface area contributed by atoms with E-state index in [1.54, 1.807) is 24.3 Å². The molecule has 0 saturated carbocycles. The van der Waals surface area contributed by atoms with Crippen LogP contribution in [0.4, 0.5) is 5.69 Å². The van der Waals surface area contributed by atoms with Crippen LogP contribution in [0, 0.1) is 0 Å². The molecule has 0 amide bonds. The fourth-order valence-corrected chi connectivity index (χ4v) is 4.69. The van der Waals surface area contributed by atoms with Crippen molar-refractivity contribution in [2.45, 2.75) is 17.7 Å². The van der Waals surface area contributed by atoms with Gasteiger partial charge in [-0.1, -0.05) is 24.6 Å². The molecular formula is C13H14BrClN2O2S2. The van der Waals surface area contributed by atoms with Crippen LogP contribution in [0.1, 0.15) is 11.8 Å². The molecule has 0 fully saturated rings. The summed E-state index contributed by atoms with van der Waals surface area (Å²) in [7, 11) is -3.60. The van der Waals surface area contributed by atoms with E-state index in [9.17, 15) is 8.42 Å². The van der Waals surface area contributed by atoms with Gasteiger partial charge >= 0.3 is 0 Å². The first kappa shape index (κ1) is 16.8. The molecule has 2 aromatic rings. The lowest BCUT2D eigenvalue weighted by molar-refractivity contribution is 0.603. The van der Waals surface area contributed by atoms with E-state index in [0.717, 1.165) is 11.4 Å². The first-order valence-corrected chi connectivity index (χ1v) is 9.67. The number of thiophene rings is 1. The molecule has 0 aliphatic rings. The SMILES string of the molecule is CCNCc1ccc(S(=O)(=O)Nc2cccc(Cl)c2Br)s1. The van der Waals surface area contributed by atoms with Crippen LogP contribution in [0.5, 0.6) is 0 Å². The maximum atomic E-state index is 12.4. The second kappa shape index (κ2) is 7.11. The quantitative estimate of drug-likeness (QED) is 0.756. The van der Waals surface area contributed by atoms with Gasteiger partial charge in [0.2, 0.25) is 0 Å². The van der Waals surface area contributed by atoms with Crippen molar-refractivity contribution >= 4 is 54.6 Å². The van der Waals surface area contributed by atoms with E-state index >= 15 is 0 Å². The van der Waals surface area contributed by atoms with Gasteiger partial charge in [-0.15, -0.1) is 11.3 Å². The zero-order valence-electron chi connectivity index (χ0n) is 11.2. The Morgan fingerprint density at radius 2 is 2.05 bits per heavy atom. The average Bonchev–Trinajstić information content (AvgIpc) is 2.91. The van der Waals surface area contributed by atoms with Crippen molar-refractivity contribution in [3.05, 3.63) is 44.7 Å². The van der Waals surface area contributed by atoms with Crippen LogP contribution in [0.25, 0.3) is 0 Å². The lowest BCUT2D eigenvalue weighted by Gasteiger charge is -2.09. The Morgan fingerprint density at radius 1 is 1.29 bits per heavy atom. The molecule has 2 N–H and O–H groups in total. The van der Waals surface area contributed by atoms with Crippen LogP contribution in [0.2, 0.25) is 5.02 Å². The maximum absolute atomic E-state index is 12.4. The molecule has 1 aromatic heterocycles. The maximum Gasteiger partial charge on any atom is 0.271 e. The van der Waals surface area contributed by atoms with Crippen molar-refractivity contribution < 1.29 is 8.42 Å². The Hall–Kier alpha value is -0.600. The minimum absolute atomic E-state index is 0.280. The van der Waals surface area contributed by atoms with Gasteiger partial charge in [0, 0.05) is 11.4 Å². The summed E-state index contributed by atoms with van der Waals surface area (Å²) in [6.45, 7) is 3.51. The molecule has 0 aliphatic heterocycles. The highest BCUT2D eigenvalue weighted by Crippen LogP contribution is 2.32. The van der Waals surface area contributed by atoms with Crippen LogP contribution in [-0.4, -0.2) is 15.0 Å². The minimum Gasteiger partial charge on any atom is -0.312 e. The summed E-state index contributed by atoms with van der Waals surface area (Å²) in [6.07, 6.45) is 0. The van der Waals surface area contributed by atoms with Gasteiger partial charge in [-0.3, -0.25) is 4.72 Å². The fraction of sp³-hybridized carbons (Fsp3) is 0.231. The van der Waals surface area contributed by atoms with Gasteiger partial charge in [0.25, 0.3) is 10.0 Å². The number of halogens is 2. The standard InChI is InChI=1S/C13H14BrClN2O2S2/c1-2-16-8-9-6-7-12(20-9)21(18,19)17-11-5-3-4-10(15)13(11)14/h3-7,16-17H,2,8H2,1H3. The molecule has 0 spiro atoms. The first-order valence-electron chi connectivity index (χ1n) is 6.20. The third kappa shape index (κ3) is 4.20. The Morgan fingerprint density at radius 3 is 2.76 bits per heavy atom. The van der Waals surface area contributed by atoms with Crippen molar-refractivity contribution in [2.75, 3.05) is 11.3 Å².